The summed E-state index contributed by atoms with van der Waals surface area (Å²) >= 11 is 0. The van der Waals surface area contributed by atoms with Gasteiger partial charge in [0.15, 0.2) is 6.26 Å². The van der Waals surface area contributed by atoms with E-state index in [0.29, 0.717) is 0 Å². The lowest BCUT2D eigenvalue weighted by molar-refractivity contribution is -0.488. The fourth-order valence-corrected chi connectivity index (χ4v) is 0.473. The molecule has 0 saturated carbocycles. The van der Waals surface area contributed by atoms with Crippen LogP contribution in [0, 0.1) is 0 Å². The van der Waals surface area contributed by atoms with E-state index in [4.69, 9.17) is 0 Å². The van der Waals surface area contributed by atoms with Crippen LogP contribution < -0.4 is 0 Å². The molecule has 0 rings (SSSR count). The van der Waals surface area contributed by atoms with Gasteiger partial charge in [-0.25, -0.2) is 9.68 Å². The van der Waals surface area contributed by atoms with Crippen molar-refractivity contribution in [3.63, 3.8) is 0 Å². The normalized spacial score (nSPS) is 12.9. The van der Waals surface area contributed by atoms with Crippen molar-refractivity contribution in [1.82, 2.24) is 0 Å². The Balaban J connectivity index is 4.23. The van der Waals surface area contributed by atoms with Crippen LogP contribution in [0.25, 0.3) is 0 Å². The first kappa shape index (κ1) is 13.3. The number of nitrogens with zero attached hydrogens (tertiary/aromatic N) is 1. The Hall–Kier alpha value is -1.68. The van der Waals surface area contributed by atoms with Crippen molar-refractivity contribution >= 4 is 6.08 Å². The molecule has 0 spiro atoms. The first-order valence-corrected chi connectivity index (χ1v) is 3.88. The smallest absolute Gasteiger partial charge is 0.332 e. The number of hydrogen-bond donors (Lipinski definition) is 0. The maximum absolute atomic E-state index is 10.1. The van der Waals surface area contributed by atoms with Crippen molar-refractivity contribution < 1.29 is 24.3 Å². The van der Waals surface area contributed by atoms with Crippen molar-refractivity contribution in [1.29, 1.82) is 0 Å². The summed E-state index contributed by atoms with van der Waals surface area (Å²) in [5.74, 6) is -1.74. The van der Waals surface area contributed by atoms with E-state index in [1.54, 1.807) is 0 Å². The van der Waals surface area contributed by atoms with Crippen LogP contribution in [0.1, 0.15) is 6.92 Å². The Morgan fingerprint density at radius 3 is 2.80 bits per heavy atom. The van der Waals surface area contributed by atoms with Crippen molar-refractivity contribution in [2.24, 2.45) is 4.99 Å². The third-order valence-corrected chi connectivity index (χ3v) is 0.982. The molecule has 6 heteroatoms. The highest BCUT2D eigenvalue weighted by molar-refractivity contribution is 5.33. The van der Waals surface area contributed by atoms with Gasteiger partial charge >= 0.3 is 5.91 Å². The fraction of sp³-hybridized carbons (Fsp3) is 0.333. The summed E-state index contributed by atoms with van der Waals surface area (Å²) in [4.78, 5) is 31.5. The topological polar surface area (TPSA) is 66.4 Å². The number of carbonyl (C=O) groups excluding carboxylic acids is 1. The molecule has 0 aromatic carbocycles. The maximum atomic E-state index is 10.1. The van der Waals surface area contributed by atoms with Crippen molar-refractivity contribution in [3.8, 4) is 0 Å². The minimum absolute atomic E-state index is 0.102. The zero-order valence-electron chi connectivity index (χ0n) is 8.26. The summed E-state index contributed by atoms with van der Waals surface area (Å²) in [6.45, 7) is 8.01. The van der Waals surface area contributed by atoms with Gasteiger partial charge in [0, 0.05) is 6.92 Å². The van der Waals surface area contributed by atoms with E-state index in [2.05, 4.69) is 43.4 Å². The Morgan fingerprint density at radius 1 is 1.53 bits per heavy atom. The molecule has 0 bridgehead atoms. The molecule has 1 unspecified atom stereocenters. The number of aliphatic imine (C=N–C) groups is 1. The molecule has 0 aliphatic heterocycles. The number of rotatable bonds is 8. The van der Waals surface area contributed by atoms with Crippen LogP contribution in [0.5, 0.6) is 0 Å². The predicted molar refractivity (Wildman–Crippen MR) is 49.6 cm³/mol. The summed E-state index contributed by atoms with van der Waals surface area (Å²) in [5.41, 5.74) is 2.27. The molecule has 0 heterocycles. The molecule has 0 aromatic rings. The summed E-state index contributed by atoms with van der Waals surface area (Å²) in [5, 5.41) is 0. The van der Waals surface area contributed by atoms with Crippen LogP contribution in [-0.2, 0) is 24.3 Å². The molecule has 0 aliphatic carbocycles. The summed E-state index contributed by atoms with van der Waals surface area (Å²) in [7, 11) is 0. The fourth-order valence-electron chi connectivity index (χ4n) is 0.473. The Kier molecular flexibility index (Phi) is 6.84. The van der Waals surface area contributed by atoms with Crippen LogP contribution in [0.2, 0.25) is 0 Å². The van der Waals surface area contributed by atoms with Crippen LogP contribution in [0.15, 0.2) is 36.2 Å². The number of hydrogen-bond acceptors (Lipinski definition) is 6. The molecule has 0 saturated heterocycles. The molecule has 0 radical (unpaired) electrons. The molecule has 6 nitrogen and oxygen atoms in total. The van der Waals surface area contributed by atoms with E-state index in [0.717, 1.165) is 6.26 Å². The maximum Gasteiger partial charge on any atom is 0.344 e. The summed E-state index contributed by atoms with van der Waals surface area (Å²) in [6.07, 6.45) is 3.70. The summed E-state index contributed by atoms with van der Waals surface area (Å²) < 4.78 is 0. The monoisotopic (exact) mass is 213 g/mol. The molecular weight excluding hydrogens is 202 g/mol. The SMILES string of the molecule is C=C=COOC(C)(N=C=O)OOCC=C. The average Bonchev–Trinajstić information content (AvgIpc) is 2.19. The molecule has 0 fully saturated rings. The molecule has 15 heavy (non-hydrogen) atoms. The van der Waals surface area contributed by atoms with Gasteiger partial charge in [-0.1, -0.05) is 18.4 Å². The zero-order chi connectivity index (χ0) is 11.6. The van der Waals surface area contributed by atoms with Gasteiger partial charge in [-0.05, 0) is 0 Å². The second-order valence-electron chi connectivity index (χ2n) is 2.26. The van der Waals surface area contributed by atoms with Gasteiger partial charge in [0.2, 0.25) is 6.08 Å². The van der Waals surface area contributed by atoms with Gasteiger partial charge < -0.3 is 4.89 Å². The van der Waals surface area contributed by atoms with Gasteiger partial charge in [0.25, 0.3) is 0 Å². The molecule has 1 atom stereocenters. The minimum Gasteiger partial charge on any atom is -0.332 e. The Labute approximate surface area is 87.0 Å². The van der Waals surface area contributed by atoms with Gasteiger partial charge in [0.1, 0.15) is 6.61 Å². The van der Waals surface area contributed by atoms with E-state index < -0.39 is 5.91 Å². The minimum atomic E-state index is -1.74. The number of isocyanates is 1. The highest BCUT2D eigenvalue weighted by atomic mass is 17.3. The summed E-state index contributed by atoms with van der Waals surface area (Å²) in [6, 6.07) is 0. The van der Waals surface area contributed by atoms with E-state index in [9.17, 15) is 4.79 Å². The first-order valence-electron chi connectivity index (χ1n) is 3.88. The van der Waals surface area contributed by atoms with Crippen molar-refractivity contribution in [3.05, 3.63) is 31.2 Å². The first-order chi connectivity index (χ1) is 7.18. The van der Waals surface area contributed by atoms with Gasteiger partial charge in [-0.2, -0.15) is 4.89 Å². The Morgan fingerprint density at radius 2 is 2.27 bits per heavy atom. The average molecular weight is 213 g/mol. The highest BCUT2D eigenvalue weighted by Crippen LogP contribution is 2.14. The van der Waals surface area contributed by atoms with E-state index in [1.165, 1.54) is 19.1 Å². The van der Waals surface area contributed by atoms with E-state index in [1.807, 2.05) is 0 Å². The highest BCUT2D eigenvalue weighted by Gasteiger charge is 2.29. The molecule has 82 valence electrons. The lowest BCUT2D eigenvalue weighted by atomic mass is 10.6. The molecule has 0 N–H and O–H groups in total. The predicted octanol–water partition coefficient (Wildman–Crippen LogP) is 1.38. The van der Waals surface area contributed by atoms with Crippen LogP contribution in [0.4, 0.5) is 0 Å². The quantitative estimate of drug-likeness (QED) is 0.0701. The molecule has 0 aromatic heterocycles. The lowest BCUT2D eigenvalue weighted by Crippen LogP contribution is -2.29. The van der Waals surface area contributed by atoms with Gasteiger partial charge in [0.05, 0.1) is 0 Å². The van der Waals surface area contributed by atoms with Crippen molar-refractivity contribution in [2.75, 3.05) is 6.61 Å². The van der Waals surface area contributed by atoms with E-state index >= 15 is 0 Å². The molecule has 0 aliphatic rings. The largest absolute Gasteiger partial charge is 0.344 e. The van der Waals surface area contributed by atoms with Gasteiger partial charge in [-0.3, -0.25) is 0 Å². The third kappa shape index (κ3) is 6.40. The third-order valence-electron chi connectivity index (χ3n) is 0.982. The van der Waals surface area contributed by atoms with Crippen LogP contribution >= 0.6 is 0 Å². The second kappa shape index (κ2) is 7.70. The van der Waals surface area contributed by atoms with E-state index in [-0.39, 0.29) is 6.61 Å². The molecular formula is C9H11NO5. The van der Waals surface area contributed by atoms with Gasteiger partial charge in [-0.15, -0.1) is 16.5 Å². The second-order valence-corrected chi connectivity index (χ2v) is 2.26. The van der Waals surface area contributed by atoms with Crippen LogP contribution in [-0.4, -0.2) is 18.6 Å². The zero-order valence-corrected chi connectivity index (χ0v) is 8.26. The standard InChI is InChI=1S/C9H11NO5/c1-4-6-12-14-9(3,10-8-11)15-13-7-5-2/h4,7H,1-2,6H2,3H3. The Bertz CT molecular complexity index is 291. The molecule has 0 amide bonds. The van der Waals surface area contributed by atoms with Crippen molar-refractivity contribution in [2.45, 2.75) is 12.8 Å². The lowest BCUT2D eigenvalue weighted by Gasteiger charge is -2.18. The van der Waals surface area contributed by atoms with Crippen LogP contribution in [0.3, 0.4) is 0 Å².